The van der Waals surface area contributed by atoms with Crippen LogP contribution < -0.4 is 0 Å². The van der Waals surface area contributed by atoms with E-state index in [4.69, 9.17) is 4.98 Å². The predicted molar refractivity (Wildman–Crippen MR) is 311 cm³/mol. The topological polar surface area (TPSA) is 25.8 Å². The van der Waals surface area contributed by atoms with Gasteiger partial charge in [-0.15, -0.1) is 0 Å². The first-order chi connectivity index (χ1) is 37.7. The Morgan fingerprint density at radius 3 is 1.00 bits per heavy atom. The molecular formula is C74H44N2. The molecule has 2 aromatic heterocycles. The molecule has 0 unspecified atom stereocenters. The minimum absolute atomic E-state index is 0.462. The van der Waals surface area contributed by atoms with Crippen LogP contribution in [0.5, 0.6) is 0 Å². The van der Waals surface area contributed by atoms with Crippen molar-refractivity contribution in [2.75, 3.05) is 0 Å². The number of aromatic nitrogens is 2. The quantitative estimate of drug-likeness (QED) is 0.164. The molecule has 4 aliphatic rings. The summed E-state index contributed by atoms with van der Waals surface area (Å²) in [6.07, 6.45) is 3.80. The van der Waals surface area contributed by atoms with E-state index in [1.54, 1.807) is 0 Å². The molecule has 0 radical (unpaired) electrons. The normalized spacial score (nSPS) is 14.0. The van der Waals surface area contributed by atoms with E-state index in [9.17, 15) is 0 Å². The average Bonchev–Trinajstić information content (AvgIpc) is 4.35. The Kier molecular flexibility index (Phi) is 8.44. The highest BCUT2D eigenvalue weighted by atomic mass is 14.7. The summed E-state index contributed by atoms with van der Waals surface area (Å²) in [4.78, 5) is 9.77. The summed E-state index contributed by atoms with van der Waals surface area (Å²) in [5.41, 5.74) is 28.9. The van der Waals surface area contributed by atoms with E-state index in [1.807, 2.05) is 30.6 Å². The third-order valence-corrected chi connectivity index (χ3v) is 17.6. The SMILES string of the molecule is c1ccc(-c2ccc(-c3ccc4c(-c5ccc6c(c5)C5(c7ccccc7-c7ccccc75)c5ccccc5-6)c5ccccc5c(-c5ccc6c(c5)C5(c7ccccc7-c7ccccc75)c5ccccc5-6)c4c3)nc2)nc1. The van der Waals surface area contributed by atoms with E-state index >= 15 is 0 Å². The number of benzene rings is 11. The van der Waals surface area contributed by atoms with E-state index in [0.717, 1.165) is 22.5 Å². The molecule has 11 aromatic carbocycles. The molecule has 0 saturated heterocycles. The van der Waals surface area contributed by atoms with E-state index < -0.39 is 10.8 Å². The van der Waals surface area contributed by atoms with Gasteiger partial charge in [-0.1, -0.05) is 212 Å². The maximum absolute atomic E-state index is 5.14. The lowest BCUT2D eigenvalue weighted by Gasteiger charge is -2.31. The standard InChI is InChI=1S/C74H44N2/c1-2-24-58-57(23-1)71(46-33-36-55-53-21-7-13-29-65(53)73(67(55)42-46)61-25-9-3-17-49(61)50-18-4-10-26-62(50)73)59-38-32-45(70-39-35-48(44-76-70)69-31-15-16-40-75-69)41-60(59)72(58)47-34-37-56-54-22-8-14-30-66(54)74(68(56)43-47)63-27-11-5-19-51(63)52-20-6-12-28-64(52)74/h1-44H. The van der Waals surface area contributed by atoms with E-state index in [-0.39, 0.29) is 0 Å². The summed E-state index contributed by atoms with van der Waals surface area (Å²) in [7, 11) is 0. The third-order valence-electron chi connectivity index (χ3n) is 17.6. The maximum atomic E-state index is 5.14. The summed E-state index contributed by atoms with van der Waals surface area (Å²) in [5, 5.41) is 4.83. The van der Waals surface area contributed by atoms with Crippen molar-refractivity contribution in [3.8, 4) is 89.3 Å². The molecule has 0 atom stereocenters. The number of rotatable bonds is 4. The van der Waals surface area contributed by atoms with Gasteiger partial charge in [-0.2, -0.15) is 0 Å². The van der Waals surface area contributed by atoms with Crippen molar-refractivity contribution < 1.29 is 0 Å². The Bertz CT molecular complexity index is 4510. The van der Waals surface area contributed by atoms with Gasteiger partial charge in [-0.25, -0.2) is 0 Å². The van der Waals surface area contributed by atoms with Crippen LogP contribution >= 0.6 is 0 Å². The van der Waals surface area contributed by atoms with Crippen molar-refractivity contribution in [2.45, 2.75) is 10.8 Å². The van der Waals surface area contributed by atoms with Crippen LogP contribution in [0.4, 0.5) is 0 Å². The Morgan fingerprint density at radius 2 is 0.579 bits per heavy atom. The van der Waals surface area contributed by atoms with Crippen molar-refractivity contribution in [3.63, 3.8) is 0 Å². The Labute approximate surface area is 441 Å². The lowest BCUT2D eigenvalue weighted by molar-refractivity contribution is 0.794. The summed E-state index contributed by atoms with van der Waals surface area (Å²) in [6, 6.07) is 95.8. The zero-order valence-corrected chi connectivity index (χ0v) is 41.3. The van der Waals surface area contributed by atoms with Crippen LogP contribution in [0.2, 0.25) is 0 Å². The molecule has 17 rings (SSSR count). The average molecular weight is 961 g/mol. The van der Waals surface area contributed by atoms with Crippen molar-refractivity contribution in [3.05, 3.63) is 312 Å². The molecule has 13 aromatic rings. The second-order valence-corrected chi connectivity index (χ2v) is 21.0. The number of hydrogen-bond acceptors (Lipinski definition) is 2. The molecule has 0 saturated carbocycles. The van der Waals surface area contributed by atoms with Crippen LogP contribution in [0.1, 0.15) is 44.5 Å². The van der Waals surface area contributed by atoms with Crippen LogP contribution in [0.15, 0.2) is 267 Å². The Morgan fingerprint density at radius 1 is 0.224 bits per heavy atom. The summed E-state index contributed by atoms with van der Waals surface area (Å²) >= 11 is 0. The van der Waals surface area contributed by atoms with Crippen LogP contribution in [-0.4, -0.2) is 9.97 Å². The number of fused-ring (bicyclic) bond motifs is 22. The second-order valence-electron chi connectivity index (χ2n) is 21.0. The largest absolute Gasteiger partial charge is 0.256 e. The lowest BCUT2D eigenvalue weighted by Crippen LogP contribution is -2.25. The molecule has 0 fully saturated rings. The highest BCUT2D eigenvalue weighted by molar-refractivity contribution is 6.22. The summed E-state index contributed by atoms with van der Waals surface area (Å²) in [6.45, 7) is 0. The highest BCUT2D eigenvalue weighted by Gasteiger charge is 2.53. The molecule has 2 spiro atoms. The molecule has 2 heterocycles. The predicted octanol–water partition coefficient (Wildman–Crippen LogP) is 18.1. The number of hydrogen-bond donors (Lipinski definition) is 0. The molecule has 0 amide bonds. The molecule has 350 valence electrons. The summed E-state index contributed by atoms with van der Waals surface area (Å²) < 4.78 is 0. The first kappa shape index (κ1) is 41.7. The molecule has 0 N–H and O–H groups in total. The molecule has 76 heavy (non-hydrogen) atoms. The first-order valence-corrected chi connectivity index (χ1v) is 26.5. The molecule has 4 aliphatic carbocycles. The number of nitrogens with zero attached hydrogens (tertiary/aromatic N) is 2. The monoisotopic (exact) mass is 960 g/mol. The van der Waals surface area contributed by atoms with Gasteiger partial charge >= 0.3 is 0 Å². The van der Waals surface area contributed by atoms with E-state index in [0.29, 0.717) is 0 Å². The second kappa shape index (κ2) is 15.4. The van der Waals surface area contributed by atoms with Gasteiger partial charge in [0.25, 0.3) is 0 Å². The van der Waals surface area contributed by atoms with Crippen LogP contribution in [0.3, 0.4) is 0 Å². The first-order valence-electron chi connectivity index (χ1n) is 26.5. The molecule has 2 nitrogen and oxygen atoms in total. The van der Waals surface area contributed by atoms with Crippen LogP contribution in [-0.2, 0) is 10.8 Å². The van der Waals surface area contributed by atoms with Crippen LogP contribution in [0, 0.1) is 0 Å². The zero-order valence-electron chi connectivity index (χ0n) is 41.3. The Hall–Kier alpha value is -9.76. The van der Waals surface area contributed by atoms with Gasteiger partial charge in [-0.05, 0) is 175 Å². The Balaban J connectivity index is 0.946. The third kappa shape index (κ3) is 5.30. The van der Waals surface area contributed by atoms with Gasteiger partial charge in [0.05, 0.1) is 22.2 Å². The number of pyridine rings is 2. The smallest absolute Gasteiger partial charge is 0.0725 e. The van der Waals surface area contributed by atoms with Crippen molar-refractivity contribution >= 4 is 21.5 Å². The van der Waals surface area contributed by atoms with Gasteiger partial charge in [-0.3, -0.25) is 9.97 Å². The van der Waals surface area contributed by atoms with Crippen molar-refractivity contribution in [1.82, 2.24) is 9.97 Å². The minimum atomic E-state index is -0.472. The van der Waals surface area contributed by atoms with E-state index in [2.05, 4.69) is 242 Å². The highest BCUT2D eigenvalue weighted by Crippen LogP contribution is 2.65. The molecule has 0 bridgehead atoms. The van der Waals surface area contributed by atoms with Gasteiger partial charge in [0, 0.05) is 23.5 Å². The van der Waals surface area contributed by atoms with E-state index in [1.165, 1.54) is 133 Å². The van der Waals surface area contributed by atoms with Crippen LogP contribution in [0.25, 0.3) is 111 Å². The van der Waals surface area contributed by atoms with Gasteiger partial charge < -0.3 is 0 Å². The van der Waals surface area contributed by atoms with Crippen molar-refractivity contribution in [2.24, 2.45) is 0 Å². The maximum Gasteiger partial charge on any atom is 0.0725 e. The van der Waals surface area contributed by atoms with Gasteiger partial charge in [0.2, 0.25) is 0 Å². The van der Waals surface area contributed by atoms with Crippen molar-refractivity contribution in [1.29, 1.82) is 0 Å². The minimum Gasteiger partial charge on any atom is -0.256 e. The molecule has 0 aliphatic heterocycles. The fraction of sp³-hybridized carbons (Fsp3) is 0.0270. The zero-order chi connectivity index (χ0) is 49.7. The lowest BCUT2D eigenvalue weighted by atomic mass is 9.70. The summed E-state index contributed by atoms with van der Waals surface area (Å²) in [5.74, 6) is 0. The fourth-order valence-corrected chi connectivity index (χ4v) is 14.7. The fourth-order valence-electron chi connectivity index (χ4n) is 14.7. The van der Waals surface area contributed by atoms with Gasteiger partial charge in [0.1, 0.15) is 0 Å². The molecular weight excluding hydrogens is 917 g/mol. The molecule has 2 heteroatoms. The van der Waals surface area contributed by atoms with Gasteiger partial charge in [0.15, 0.2) is 0 Å².